The van der Waals surface area contributed by atoms with E-state index >= 15 is 0 Å². The van der Waals surface area contributed by atoms with Gasteiger partial charge >= 0.3 is 6.03 Å². The standard InChI is InChI=1S/C23H25N5O4S/c1-24-19-14-18-17(13-21(19)30-2)20(7-8-25-18)32-16-5-3-15(4-6-16)26-22(33)27-23(29)28-9-11-31-12-10-28/h3-8,13-14,24H,9-12H2,1-2H3,(H2,26,27,29,33). The molecule has 0 spiro atoms. The van der Waals surface area contributed by atoms with Crippen molar-refractivity contribution in [1.82, 2.24) is 15.2 Å². The molecular formula is C23H25N5O4S. The largest absolute Gasteiger partial charge is 0.495 e. The molecule has 0 aliphatic carbocycles. The van der Waals surface area contributed by atoms with Crippen molar-refractivity contribution in [2.45, 2.75) is 0 Å². The lowest BCUT2D eigenvalue weighted by Crippen LogP contribution is -2.48. The fourth-order valence-electron chi connectivity index (χ4n) is 3.44. The number of fused-ring (bicyclic) bond motifs is 1. The molecule has 1 aliphatic heterocycles. The Kier molecular flexibility index (Phi) is 7.06. The normalized spacial score (nSPS) is 13.3. The van der Waals surface area contributed by atoms with Crippen molar-refractivity contribution in [3.8, 4) is 17.2 Å². The molecule has 2 aromatic carbocycles. The van der Waals surface area contributed by atoms with Gasteiger partial charge in [-0.05, 0) is 54.7 Å². The third kappa shape index (κ3) is 5.41. The minimum Gasteiger partial charge on any atom is -0.495 e. The number of morpholine rings is 1. The topological polar surface area (TPSA) is 97.0 Å². The van der Waals surface area contributed by atoms with Gasteiger partial charge in [0.25, 0.3) is 0 Å². The maximum atomic E-state index is 12.2. The Hall–Kier alpha value is -3.63. The Morgan fingerprint density at radius 3 is 2.58 bits per heavy atom. The number of urea groups is 1. The van der Waals surface area contributed by atoms with Crippen molar-refractivity contribution < 1.29 is 19.0 Å². The van der Waals surface area contributed by atoms with Crippen LogP contribution in [0.15, 0.2) is 48.7 Å². The lowest BCUT2D eigenvalue weighted by Gasteiger charge is -2.27. The van der Waals surface area contributed by atoms with Crippen molar-refractivity contribution in [1.29, 1.82) is 0 Å². The van der Waals surface area contributed by atoms with Crippen molar-refractivity contribution in [3.05, 3.63) is 48.7 Å². The highest BCUT2D eigenvalue weighted by Crippen LogP contribution is 2.35. The molecule has 1 saturated heterocycles. The van der Waals surface area contributed by atoms with Crippen molar-refractivity contribution in [2.75, 3.05) is 51.1 Å². The number of thiocarbonyl (C=S) groups is 1. The van der Waals surface area contributed by atoms with E-state index in [4.69, 9.17) is 26.4 Å². The number of hydrogen-bond acceptors (Lipinski definition) is 7. The van der Waals surface area contributed by atoms with E-state index in [0.717, 1.165) is 22.3 Å². The molecule has 9 nitrogen and oxygen atoms in total. The van der Waals surface area contributed by atoms with E-state index in [2.05, 4.69) is 20.9 Å². The van der Waals surface area contributed by atoms with E-state index < -0.39 is 0 Å². The first-order chi connectivity index (χ1) is 16.1. The van der Waals surface area contributed by atoms with Gasteiger partial charge in [-0.15, -0.1) is 0 Å². The molecule has 3 N–H and O–H groups in total. The second-order valence-corrected chi connectivity index (χ2v) is 7.65. The Bertz CT molecular complexity index is 1150. The van der Waals surface area contributed by atoms with Gasteiger partial charge in [-0.2, -0.15) is 0 Å². The predicted octanol–water partition coefficient (Wildman–Crippen LogP) is 3.82. The van der Waals surface area contributed by atoms with Crippen LogP contribution in [0.2, 0.25) is 0 Å². The zero-order chi connectivity index (χ0) is 23.2. The summed E-state index contributed by atoms with van der Waals surface area (Å²) in [5.41, 5.74) is 2.37. The molecule has 0 radical (unpaired) electrons. The molecular weight excluding hydrogens is 442 g/mol. The highest BCUT2D eigenvalue weighted by Gasteiger charge is 2.17. The summed E-state index contributed by atoms with van der Waals surface area (Å²) in [7, 11) is 3.46. The second-order valence-electron chi connectivity index (χ2n) is 7.24. The van der Waals surface area contributed by atoms with Crippen LogP contribution in [0.25, 0.3) is 10.9 Å². The number of carbonyl (C=O) groups excluding carboxylic acids is 1. The molecule has 10 heteroatoms. The summed E-state index contributed by atoms with van der Waals surface area (Å²) in [5.74, 6) is 2.01. The molecule has 1 fully saturated rings. The second kappa shape index (κ2) is 10.3. The van der Waals surface area contributed by atoms with Gasteiger partial charge in [-0.1, -0.05) is 0 Å². The lowest BCUT2D eigenvalue weighted by atomic mass is 10.1. The molecule has 0 unspecified atom stereocenters. The number of ether oxygens (including phenoxy) is 3. The fraction of sp³-hybridized carbons (Fsp3) is 0.261. The molecule has 0 atom stereocenters. The Morgan fingerprint density at radius 2 is 1.88 bits per heavy atom. The molecule has 0 saturated carbocycles. The summed E-state index contributed by atoms with van der Waals surface area (Å²) in [6, 6.07) is 12.7. The van der Waals surface area contributed by atoms with Gasteiger partial charge in [0.15, 0.2) is 5.11 Å². The maximum Gasteiger partial charge on any atom is 0.323 e. The molecule has 2 heterocycles. The SMILES string of the molecule is CNc1cc2nccc(Oc3ccc(NC(=S)NC(=O)N4CCOCC4)cc3)c2cc1OC. The van der Waals surface area contributed by atoms with Gasteiger partial charge < -0.3 is 29.7 Å². The minimum absolute atomic E-state index is 0.229. The van der Waals surface area contributed by atoms with Crippen LogP contribution in [-0.2, 0) is 4.74 Å². The maximum absolute atomic E-state index is 12.2. The molecule has 1 aromatic heterocycles. The molecule has 0 bridgehead atoms. The van der Waals surface area contributed by atoms with Crippen molar-refractivity contribution >= 4 is 45.6 Å². The number of methoxy groups -OCH3 is 1. The predicted molar refractivity (Wildman–Crippen MR) is 132 cm³/mol. The van der Waals surface area contributed by atoms with Gasteiger partial charge in [0.2, 0.25) is 0 Å². The lowest BCUT2D eigenvalue weighted by molar-refractivity contribution is 0.0543. The van der Waals surface area contributed by atoms with Gasteiger partial charge in [0, 0.05) is 37.4 Å². The van der Waals surface area contributed by atoms with E-state index in [-0.39, 0.29) is 11.1 Å². The third-order valence-corrected chi connectivity index (χ3v) is 5.36. The number of carbonyl (C=O) groups is 1. The Morgan fingerprint density at radius 1 is 1.12 bits per heavy atom. The average molecular weight is 468 g/mol. The molecule has 1 aliphatic rings. The van der Waals surface area contributed by atoms with Crippen LogP contribution in [0.3, 0.4) is 0 Å². The molecule has 4 rings (SSSR count). The molecule has 172 valence electrons. The highest BCUT2D eigenvalue weighted by atomic mass is 32.1. The number of hydrogen-bond donors (Lipinski definition) is 3. The van der Waals surface area contributed by atoms with E-state index in [1.807, 2.05) is 49.5 Å². The van der Waals surface area contributed by atoms with Crippen LogP contribution in [0, 0.1) is 0 Å². The first-order valence-electron chi connectivity index (χ1n) is 10.4. The average Bonchev–Trinajstić information content (AvgIpc) is 2.85. The monoisotopic (exact) mass is 467 g/mol. The van der Waals surface area contributed by atoms with E-state index in [1.54, 1.807) is 18.2 Å². The van der Waals surface area contributed by atoms with Crippen LogP contribution < -0.4 is 25.4 Å². The van der Waals surface area contributed by atoms with Gasteiger partial charge in [-0.3, -0.25) is 10.3 Å². The number of nitrogens with zero attached hydrogens (tertiary/aromatic N) is 2. The molecule has 2 amide bonds. The van der Waals surface area contributed by atoms with E-state index in [0.29, 0.717) is 43.6 Å². The quantitative estimate of drug-likeness (QED) is 0.488. The fourth-order valence-corrected chi connectivity index (χ4v) is 3.64. The van der Waals surface area contributed by atoms with E-state index in [9.17, 15) is 4.79 Å². The summed E-state index contributed by atoms with van der Waals surface area (Å²) < 4.78 is 16.8. The number of anilines is 2. The summed E-state index contributed by atoms with van der Waals surface area (Å²) in [5, 5.41) is 9.87. The zero-order valence-electron chi connectivity index (χ0n) is 18.4. The first kappa shape index (κ1) is 22.6. The number of pyridine rings is 1. The van der Waals surface area contributed by atoms with Gasteiger partial charge in [0.05, 0.1) is 31.5 Å². The summed E-state index contributed by atoms with van der Waals surface area (Å²) in [4.78, 5) is 18.3. The summed E-state index contributed by atoms with van der Waals surface area (Å²) >= 11 is 5.26. The van der Waals surface area contributed by atoms with Crippen molar-refractivity contribution in [3.63, 3.8) is 0 Å². The Labute approximate surface area is 197 Å². The number of amides is 2. The van der Waals surface area contributed by atoms with Crippen LogP contribution in [0.5, 0.6) is 17.2 Å². The van der Waals surface area contributed by atoms with Crippen LogP contribution in [0.1, 0.15) is 0 Å². The van der Waals surface area contributed by atoms with Crippen LogP contribution in [0.4, 0.5) is 16.2 Å². The third-order valence-electron chi connectivity index (χ3n) is 5.15. The summed E-state index contributed by atoms with van der Waals surface area (Å²) in [6.07, 6.45) is 1.70. The van der Waals surface area contributed by atoms with E-state index in [1.165, 1.54) is 0 Å². The highest BCUT2D eigenvalue weighted by molar-refractivity contribution is 7.80. The summed E-state index contributed by atoms with van der Waals surface area (Å²) in [6.45, 7) is 2.16. The minimum atomic E-state index is -0.239. The molecule has 33 heavy (non-hydrogen) atoms. The molecule has 3 aromatic rings. The first-order valence-corrected chi connectivity index (χ1v) is 10.9. The Balaban J connectivity index is 1.42. The number of benzene rings is 2. The van der Waals surface area contributed by atoms with Gasteiger partial charge in [0.1, 0.15) is 17.2 Å². The van der Waals surface area contributed by atoms with Crippen molar-refractivity contribution in [2.24, 2.45) is 0 Å². The van der Waals surface area contributed by atoms with Gasteiger partial charge in [-0.25, -0.2) is 4.79 Å². The number of rotatable bonds is 5. The number of aromatic nitrogens is 1. The number of nitrogens with one attached hydrogen (secondary N) is 3. The zero-order valence-corrected chi connectivity index (χ0v) is 19.2. The smallest absolute Gasteiger partial charge is 0.323 e. The van der Waals surface area contributed by atoms with Crippen LogP contribution >= 0.6 is 12.2 Å². The van der Waals surface area contributed by atoms with Crippen LogP contribution in [-0.4, -0.2) is 61.5 Å².